The zero-order valence-corrected chi connectivity index (χ0v) is 7.28. The van der Waals surface area contributed by atoms with Crippen LogP contribution in [0.1, 0.15) is 5.69 Å². The number of aryl methyl sites for hydroxylation is 1. The summed E-state index contributed by atoms with van der Waals surface area (Å²) in [6.07, 6.45) is 0. The third kappa shape index (κ3) is 0.811. The van der Waals surface area contributed by atoms with Crippen LogP contribution in [0.3, 0.4) is 0 Å². The van der Waals surface area contributed by atoms with Gasteiger partial charge in [0.05, 0.1) is 11.0 Å². The van der Waals surface area contributed by atoms with E-state index in [0.717, 1.165) is 22.4 Å². The van der Waals surface area contributed by atoms with Gasteiger partial charge in [-0.1, -0.05) is 12.1 Å². The van der Waals surface area contributed by atoms with Crippen LogP contribution in [0.2, 0.25) is 0 Å². The molecule has 1 N–H and O–H groups in total. The van der Waals surface area contributed by atoms with Crippen molar-refractivity contribution in [2.24, 2.45) is 0 Å². The third-order valence-electron chi connectivity index (χ3n) is 2.22. The van der Waals surface area contributed by atoms with E-state index in [9.17, 15) is 0 Å². The van der Waals surface area contributed by atoms with Crippen molar-refractivity contribution < 1.29 is 0 Å². The van der Waals surface area contributed by atoms with Gasteiger partial charge in [-0.2, -0.15) is 0 Å². The average Bonchev–Trinajstić information content (AvgIpc) is 2.60. The van der Waals surface area contributed by atoms with Gasteiger partial charge in [-0.25, -0.2) is 9.50 Å². The molecule has 0 aliphatic heterocycles. The van der Waals surface area contributed by atoms with Crippen LogP contribution in [0.5, 0.6) is 0 Å². The quantitative estimate of drug-likeness (QED) is 0.552. The molecule has 0 bridgehead atoms. The number of nitrogens with zero attached hydrogens (tertiary/aromatic N) is 2. The zero-order chi connectivity index (χ0) is 8.84. The summed E-state index contributed by atoms with van der Waals surface area (Å²) in [5.74, 6) is 0. The largest absolute Gasteiger partial charge is 0.297 e. The van der Waals surface area contributed by atoms with Crippen molar-refractivity contribution in [1.29, 1.82) is 0 Å². The van der Waals surface area contributed by atoms with Crippen LogP contribution in [0.15, 0.2) is 30.3 Å². The van der Waals surface area contributed by atoms with Crippen LogP contribution in [-0.4, -0.2) is 14.6 Å². The lowest BCUT2D eigenvalue weighted by Crippen LogP contribution is -1.82. The molecule has 0 radical (unpaired) electrons. The van der Waals surface area contributed by atoms with E-state index in [-0.39, 0.29) is 0 Å². The van der Waals surface area contributed by atoms with Gasteiger partial charge in [-0.15, -0.1) is 0 Å². The van der Waals surface area contributed by atoms with Crippen molar-refractivity contribution in [2.75, 3.05) is 0 Å². The number of imidazole rings is 1. The second-order valence-corrected chi connectivity index (χ2v) is 3.23. The van der Waals surface area contributed by atoms with Crippen molar-refractivity contribution in [2.45, 2.75) is 6.92 Å². The Balaban J connectivity index is 2.60. The summed E-state index contributed by atoms with van der Waals surface area (Å²) in [6.45, 7) is 2.03. The summed E-state index contributed by atoms with van der Waals surface area (Å²) >= 11 is 0. The standard InChI is InChI=1S/C10H9N3/c1-7-6-10-11-8-4-2-3-5-9(8)13(10)12-7/h2-6,12H,1H3. The topological polar surface area (TPSA) is 33.1 Å². The summed E-state index contributed by atoms with van der Waals surface area (Å²) in [7, 11) is 0. The van der Waals surface area contributed by atoms with Crippen molar-refractivity contribution in [3.05, 3.63) is 36.0 Å². The Morgan fingerprint density at radius 2 is 2.15 bits per heavy atom. The summed E-state index contributed by atoms with van der Waals surface area (Å²) < 4.78 is 2.00. The van der Waals surface area contributed by atoms with E-state index < -0.39 is 0 Å². The summed E-state index contributed by atoms with van der Waals surface area (Å²) in [5, 5.41) is 3.24. The molecule has 0 saturated heterocycles. The molecular weight excluding hydrogens is 162 g/mol. The molecule has 0 saturated carbocycles. The normalized spacial score (nSPS) is 11.5. The van der Waals surface area contributed by atoms with Gasteiger partial charge in [0.2, 0.25) is 0 Å². The molecule has 64 valence electrons. The molecule has 0 atom stereocenters. The molecule has 1 aromatic carbocycles. The summed E-state index contributed by atoms with van der Waals surface area (Å²) in [5.41, 5.74) is 4.28. The molecule has 13 heavy (non-hydrogen) atoms. The van der Waals surface area contributed by atoms with Crippen molar-refractivity contribution >= 4 is 16.7 Å². The fourth-order valence-electron chi connectivity index (χ4n) is 1.66. The predicted octanol–water partition coefficient (Wildman–Crippen LogP) is 2.12. The lowest BCUT2D eigenvalue weighted by molar-refractivity contribution is 0.974. The van der Waals surface area contributed by atoms with Crippen LogP contribution >= 0.6 is 0 Å². The van der Waals surface area contributed by atoms with Gasteiger partial charge in [0.15, 0.2) is 5.65 Å². The first-order valence-electron chi connectivity index (χ1n) is 4.27. The molecule has 3 nitrogen and oxygen atoms in total. The van der Waals surface area contributed by atoms with Crippen LogP contribution in [0.25, 0.3) is 16.7 Å². The highest BCUT2D eigenvalue weighted by atomic mass is 15.3. The first kappa shape index (κ1) is 6.71. The minimum Gasteiger partial charge on any atom is -0.297 e. The minimum atomic E-state index is 0.985. The summed E-state index contributed by atoms with van der Waals surface area (Å²) in [4.78, 5) is 4.47. The Labute approximate surface area is 75.0 Å². The number of H-pyrrole nitrogens is 1. The van der Waals surface area contributed by atoms with E-state index in [1.807, 2.05) is 35.7 Å². The van der Waals surface area contributed by atoms with Gasteiger partial charge in [-0.3, -0.25) is 5.10 Å². The molecule has 3 heteroatoms. The molecule has 0 spiro atoms. The highest BCUT2D eigenvalue weighted by Crippen LogP contribution is 2.15. The van der Waals surface area contributed by atoms with Crippen LogP contribution in [0.4, 0.5) is 0 Å². The lowest BCUT2D eigenvalue weighted by Gasteiger charge is -1.88. The number of aromatic amines is 1. The second kappa shape index (κ2) is 2.13. The fourth-order valence-corrected chi connectivity index (χ4v) is 1.66. The van der Waals surface area contributed by atoms with Crippen LogP contribution in [0, 0.1) is 6.92 Å². The van der Waals surface area contributed by atoms with Gasteiger partial charge >= 0.3 is 0 Å². The number of fused-ring (bicyclic) bond motifs is 3. The van der Waals surface area contributed by atoms with E-state index in [1.165, 1.54) is 0 Å². The predicted molar refractivity (Wildman–Crippen MR) is 51.8 cm³/mol. The maximum absolute atomic E-state index is 4.47. The second-order valence-electron chi connectivity index (χ2n) is 3.23. The average molecular weight is 171 g/mol. The Hall–Kier alpha value is -1.77. The maximum Gasteiger partial charge on any atom is 0.154 e. The first-order valence-corrected chi connectivity index (χ1v) is 4.27. The highest BCUT2D eigenvalue weighted by Gasteiger charge is 2.04. The van der Waals surface area contributed by atoms with Gasteiger partial charge in [0.1, 0.15) is 0 Å². The van der Waals surface area contributed by atoms with E-state index in [0.29, 0.717) is 0 Å². The molecule has 2 aromatic heterocycles. The number of aromatic nitrogens is 3. The fraction of sp³-hybridized carbons (Fsp3) is 0.100. The van der Waals surface area contributed by atoms with Crippen molar-refractivity contribution in [3.63, 3.8) is 0 Å². The molecule has 3 rings (SSSR count). The smallest absolute Gasteiger partial charge is 0.154 e. The van der Waals surface area contributed by atoms with E-state index in [1.54, 1.807) is 0 Å². The maximum atomic E-state index is 4.47. The van der Waals surface area contributed by atoms with E-state index in [2.05, 4.69) is 16.1 Å². The third-order valence-corrected chi connectivity index (χ3v) is 2.22. The molecule has 0 amide bonds. The van der Waals surface area contributed by atoms with Crippen LogP contribution in [-0.2, 0) is 0 Å². The molecule has 0 fully saturated rings. The molecule has 3 aromatic rings. The molecule has 0 aliphatic rings. The monoisotopic (exact) mass is 171 g/mol. The Morgan fingerprint density at radius 3 is 3.08 bits per heavy atom. The molecule has 2 heterocycles. The number of hydrogen-bond acceptors (Lipinski definition) is 1. The van der Waals surface area contributed by atoms with Crippen LogP contribution < -0.4 is 0 Å². The van der Waals surface area contributed by atoms with Gasteiger partial charge in [0, 0.05) is 11.8 Å². The number of hydrogen-bond donors (Lipinski definition) is 1. The van der Waals surface area contributed by atoms with E-state index >= 15 is 0 Å². The van der Waals surface area contributed by atoms with Gasteiger partial charge < -0.3 is 0 Å². The molecule has 0 aliphatic carbocycles. The van der Waals surface area contributed by atoms with Gasteiger partial charge in [0.25, 0.3) is 0 Å². The Kier molecular flexibility index (Phi) is 1.10. The molecular formula is C10H9N3. The van der Waals surface area contributed by atoms with Crippen molar-refractivity contribution in [1.82, 2.24) is 14.6 Å². The first-order chi connectivity index (χ1) is 6.34. The number of benzene rings is 1. The van der Waals surface area contributed by atoms with Crippen molar-refractivity contribution in [3.8, 4) is 0 Å². The Morgan fingerprint density at radius 1 is 1.31 bits per heavy atom. The van der Waals surface area contributed by atoms with E-state index in [4.69, 9.17) is 0 Å². The highest BCUT2D eigenvalue weighted by molar-refractivity contribution is 5.79. The summed E-state index contributed by atoms with van der Waals surface area (Å²) in [6, 6.07) is 10.1. The Bertz CT molecular complexity index is 574. The minimum absolute atomic E-state index is 0.985. The number of para-hydroxylation sites is 2. The number of rotatable bonds is 0. The van der Waals surface area contributed by atoms with Gasteiger partial charge in [-0.05, 0) is 19.1 Å². The molecule has 0 unspecified atom stereocenters. The number of nitrogens with one attached hydrogen (secondary N) is 1. The lowest BCUT2D eigenvalue weighted by atomic mass is 10.3. The zero-order valence-electron chi connectivity index (χ0n) is 7.28. The SMILES string of the molecule is Cc1cc2nc3ccccc3n2[nH]1.